The Hall–Kier alpha value is -2.63. The Kier molecular flexibility index (Phi) is 5.46. The van der Waals surface area contributed by atoms with E-state index in [4.69, 9.17) is 0 Å². The van der Waals surface area contributed by atoms with Crippen LogP contribution in [0.25, 0.3) is 10.9 Å². The van der Waals surface area contributed by atoms with Crippen LogP contribution in [-0.2, 0) is 16.1 Å². The Morgan fingerprint density at radius 2 is 1.79 bits per heavy atom. The third-order valence-electron chi connectivity index (χ3n) is 6.14. The minimum atomic E-state index is -0.141. The molecular weight excluding hydrogens is 354 g/mol. The van der Waals surface area contributed by atoms with Gasteiger partial charge in [-0.15, -0.1) is 0 Å². The molecule has 28 heavy (non-hydrogen) atoms. The lowest BCUT2D eigenvalue weighted by Gasteiger charge is -2.33. The minimum absolute atomic E-state index is 0.00613. The van der Waals surface area contributed by atoms with Gasteiger partial charge in [0.25, 0.3) is 5.56 Å². The summed E-state index contributed by atoms with van der Waals surface area (Å²) in [5, 5.41) is 0.963. The number of para-hydroxylation sites is 1. The number of carbonyl (C=O) groups excluding carboxylic acids is 2. The number of hydrogen-bond donors (Lipinski definition) is 0. The van der Waals surface area contributed by atoms with E-state index < -0.39 is 0 Å². The van der Waals surface area contributed by atoms with Gasteiger partial charge in [0.1, 0.15) is 6.54 Å². The Balaban J connectivity index is 1.33. The molecular formula is C22H27N3O3. The van der Waals surface area contributed by atoms with E-state index in [-0.39, 0.29) is 23.9 Å². The molecule has 2 aliphatic heterocycles. The van der Waals surface area contributed by atoms with E-state index in [2.05, 4.69) is 0 Å². The predicted molar refractivity (Wildman–Crippen MR) is 108 cm³/mol. The maximum atomic E-state index is 12.8. The molecule has 1 aromatic heterocycles. The van der Waals surface area contributed by atoms with Crippen LogP contribution in [0.3, 0.4) is 0 Å². The largest absolute Gasteiger partial charge is 0.343 e. The number of fused-ring (bicyclic) bond motifs is 1. The molecule has 0 aliphatic carbocycles. The molecule has 2 saturated heterocycles. The van der Waals surface area contributed by atoms with E-state index in [0.29, 0.717) is 12.3 Å². The molecule has 0 spiro atoms. The van der Waals surface area contributed by atoms with Crippen molar-refractivity contribution >= 4 is 22.7 Å². The Morgan fingerprint density at radius 1 is 1.00 bits per heavy atom. The number of pyridine rings is 1. The van der Waals surface area contributed by atoms with E-state index in [1.54, 1.807) is 10.6 Å². The van der Waals surface area contributed by atoms with Gasteiger partial charge in [-0.25, -0.2) is 0 Å². The fourth-order valence-corrected chi connectivity index (χ4v) is 4.39. The summed E-state index contributed by atoms with van der Waals surface area (Å²) < 4.78 is 1.57. The summed E-state index contributed by atoms with van der Waals surface area (Å²) in [6.07, 6.45) is 4.65. The number of aromatic nitrogens is 1. The van der Waals surface area contributed by atoms with Crippen LogP contribution in [0.15, 0.2) is 41.2 Å². The SMILES string of the molecule is O=C1CCCN1CCC1CCN(C(=O)Cn2c(=O)ccc3ccccc32)CC1. The second-order valence-corrected chi connectivity index (χ2v) is 7.91. The van der Waals surface area contributed by atoms with Gasteiger partial charge in [-0.3, -0.25) is 19.0 Å². The molecule has 0 unspecified atom stereocenters. The summed E-state index contributed by atoms with van der Waals surface area (Å²) in [6.45, 7) is 3.31. The fraction of sp³-hybridized carbons (Fsp3) is 0.500. The Labute approximate surface area is 164 Å². The number of hydrogen-bond acceptors (Lipinski definition) is 3. The summed E-state index contributed by atoms with van der Waals surface area (Å²) >= 11 is 0. The maximum Gasteiger partial charge on any atom is 0.251 e. The van der Waals surface area contributed by atoms with Crippen LogP contribution in [0.2, 0.25) is 0 Å². The van der Waals surface area contributed by atoms with Gasteiger partial charge < -0.3 is 9.80 Å². The van der Waals surface area contributed by atoms with Crippen molar-refractivity contribution in [1.29, 1.82) is 0 Å². The van der Waals surface area contributed by atoms with Crippen molar-refractivity contribution in [2.75, 3.05) is 26.2 Å². The highest BCUT2D eigenvalue weighted by Gasteiger charge is 2.25. The van der Waals surface area contributed by atoms with Crippen LogP contribution in [-0.4, -0.2) is 52.4 Å². The van der Waals surface area contributed by atoms with Gasteiger partial charge in [-0.2, -0.15) is 0 Å². The van der Waals surface area contributed by atoms with E-state index in [9.17, 15) is 14.4 Å². The summed E-state index contributed by atoms with van der Waals surface area (Å²) in [6, 6.07) is 11.0. The highest BCUT2D eigenvalue weighted by atomic mass is 16.2. The third-order valence-corrected chi connectivity index (χ3v) is 6.14. The molecule has 148 valence electrons. The lowest BCUT2D eigenvalue weighted by molar-refractivity contribution is -0.133. The zero-order valence-corrected chi connectivity index (χ0v) is 16.2. The van der Waals surface area contributed by atoms with Crippen molar-refractivity contribution in [3.8, 4) is 0 Å². The zero-order valence-electron chi connectivity index (χ0n) is 16.2. The third kappa shape index (κ3) is 3.96. The molecule has 0 radical (unpaired) electrons. The van der Waals surface area contributed by atoms with Gasteiger partial charge >= 0.3 is 0 Å². The zero-order chi connectivity index (χ0) is 19.5. The van der Waals surface area contributed by atoms with Crippen LogP contribution < -0.4 is 5.56 Å². The molecule has 6 nitrogen and oxygen atoms in total. The van der Waals surface area contributed by atoms with E-state index in [1.807, 2.05) is 34.1 Å². The van der Waals surface area contributed by atoms with Gasteiger partial charge in [0.2, 0.25) is 11.8 Å². The molecule has 2 aliphatic rings. The normalized spacial score (nSPS) is 18.2. The summed E-state index contributed by atoms with van der Waals surface area (Å²) in [5.41, 5.74) is 0.658. The first-order valence-corrected chi connectivity index (χ1v) is 10.3. The molecule has 3 heterocycles. The molecule has 0 N–H and O–H groups in total. The van der Waals surface area contributed by atoms with Crippen molar-refractivity contribution in [3.05, 3.63) is 46.8 Å². The van der Waals surface area contributed by atoms with Gasteiger partial charge in [-0.1, -0.05) is 18.2 Å². The molecule has 1 aromatic carbocycles. The van der Waals surface area contributed by atoms with Gasteiger partial charge in [0.15, 0.2) is 0 Å². The Morgan fingerprint density at radius 3 is 2.54 bits per heavy atom. The Bertz CT molecular complexity index is 928. The number of benzene rings is 1. The average molecular weight is 381 g/mol. The predicted octanol–water partition coefficient (Wildman–Crippen LogP) is 2.25. The molecule has 4 rings (SSSR count). The summed E-state index contributed by atoms with van der Waals surface area (Å²) in [5.74, 6) is 0.859. The molecule has 2 fully saturated rings. The standard InChI is InChI=1S/C22H27N3O3/c26-20-6-3-12-23(20)13-9-17-10-14-24(15-11-17)22(28)16-25-19-5-2-1-4-18(19)7-8-21(25)27/h1-2,4-5,7-8,17H,3,6,9-16H2. The van der Waals surface area contributed by atoms with Crippen LogP contribution in [0.4, 0.5) is 0 Å². The smallest absolute Gasteiger partial charge is 0.251 e. The lowest BCUT2D eigenvalue weighted by Crippen LogP contribution is -2.42. The highest BCUT2D eigenvalue weighted by Crippen LogP contribution is 2.22. The highest BCUT2D eigenvalue weighted by molar-refractivity contribution is 5.82. The number of carbonyl (C=O) groups is 2. The van der Waals surface area contributed by atoms with Gasteiger partial charge in [0, 0.05) is 38.7 Å². The number of rotatable bonds is 5. The molecule has 0 atom stereocenters. The minimum Gasteiger partial charge on any atom is -0.343 e. The molecule has 2 aromatic rings. The molecule has 0 bridgehead atoms. The van der Waals surface area contributed by atoms with Crippen molar-refractivity contribution in [3.63, 3.8) is 0 Å². The first-order valence-electron chi connectivity index (χ1n) is 10.3. The van der Waals surface area contributed by atoms with Gasteiger partial charge in [-0.05, 0) is 49.1 Å². The number of nitrogens with zero attached hydrogens (tertiary/aromatic N) is 3. The van der Waals surface area contributed by atoms with E-state index >= 15 is 0 Å². The van der Waals surface area contributed by atoms with Crippen molar-refractivity contribution in [2.24, 2.45) is 5.92 Å². The molecule has 0 saturated carbocycles. The number of likely N-dealkylation sites (tertiary alicyclic amines) is 2. The van der Waals surface area contributed by atoms with Crippen molar-refractivity contribution in [1.82, 2.24) is 14.4 Å². The van der Waals surface area contributed by atoms with Crippen LogP contribution in [0, 0.1) is 5.92 Å². The van der Waals surface area contributed by atoms with Crippen LogP contribution in [0.1, 0.15) is 32.1 Å². The van der Waals surface area contributed by atoms with Crippen LogP contribution >= 0.6 is 0 Å². The molecule has 6 heteroatoms. The van der Waals surface area contributed by atoms with Crippen molar-refractivity contribution in [2.45, 2.75) is 38.6 Å². The lowest BCUT2D eigenvalue weighted by atomic mass is 9.93. The first kappa shape index (κ1) is 18.7. The van der Waals surface area contributed by atoms with Gasteiger partial charge in [0.05, 0.1) is 5.52 Å². The average Bonchev–Trinajstić information content (AvgIpc) is 3.13. The summed E-state index contributed by atoms with van der Waals surface area (Å²) in [4.78, 5) is 40.7. The maximum absolute atomic E-state index is 12.8. The van der Waals surface area contributed by atoms with Crippen LogP contribution in [0.5, 0.6) is 0 Å². The number of piperidine rings is 1. The monoisotopic (exact) mass is 381 g/mol. The number of amides is 2. The van der Waals surface area contributed by atoms with E-state index in [1.165, 1.54) is 6.07 Å². The second-order valence-electron chi connectivity index (χ2n) is 7.91. The van der Waals surface area contributed by atoms with E-state index in [0.717, 1.165) is 62.8 Å². The fourth-order valence-electron chi connectivity index (χ4n) is 4.39. The summed E-state index contributed by atoms with van der Waals surface area (Å²) in [7, 11) is 0. The quantitative estimate of drug-likeness (QED) is 0.798. The molecule has 2 amide bonds. The van der Waals surface area contributed by atoms with Crippen molar-refractivity contribution < 1.29 is 9.59 Å². The first-order chi connectivity index (χ1) is 13.6. The second kappa shape index (κ2) is 8.17. The topological polar surface area (TPSA) is 62.6 Å².